The van der Waals surface area contributed by atoms with Gasteiger partial charge in [-0.3, -0.25) is 4.79 Å². The Balaban J connectivity index is 6.18. The van der Waals surface area contributed by atoms with Gasteiger partial charge in [-0.2, -0.15) is 0 Å². The molecule has 0 bridgehead atoms. The van der Waals surface area contributed by atoms with Gasteiger partial charge in [-0.25, -0.2) is 0 Å². The van der Waals surface area contributed by atoms with Crippen molar-refractivity contribution in [2.24, 2.45) is 5.92 Å². The van der Waals surface area contributed by atoms with E-state index in [9.17, 15) is 4.79 Å². The highest BCUT2D eigenvalue weighted by Gasteiger charge is 2.47. The van der Waals surface area contributed by atoms with Crippen LogP contribution < -0.4 is 0 Å². The molecule has 0 aliphatic carbocycles. The van der Waals surface area contributed by atoms with Crippen molar-refractivity contribution in [2.45, 2.75) is 162 Å². The zero-order valence-corrected chi connectivity index (χ0v) is 29.1. The third kappa shape index (κ3) is 9.25. The smallest absolute Gasteiger partial charge is 0.193 e. The van der Waals surface area contributed by atoms with E-state index in [0.717, 1.165) is 6.42 Å². The van der Waals surface area contributed by atoms with E-state index in [1.807, 2.05) is 0 Å². The first-order valence-corrected chi connectivity index (χ1v) is 21.9. The van der Waals surface area contributed by atoms with Gasteiger partial charge in [0.2, 0.25) is 0 Å². The van der Waals surface area contributed by atoms with Crippen molar-refractivity contribution in [2.75, 3.05) is 0 Å². The lowest BCUT2D eigenvalue weighted by atomic mass is 9.93. The summed E-state index contributed by atoms with van der Waals surface area (Å²) >= 11 is 0. The van der Waals surface area contributed by atoms with Crippen molar-refractivity contribution in [3.63, 3.8) is 0 Å². The molecular weight excluding hydrogens is 473 g/mol. The molecule has 0 aromatic carbocycles. The van der Waals surface area contributed by atoms with E-state index in [-0.39, 0.29) is 39.0 Å². The molecule has 0 aromatic rings. The summed E-state index contributed by atoms with van der Waals surface area (Å²) in [5.41, 5.74) is 0. The van der Waals surface area contributed by atoms with E-state index >= 15 is 0 Å². The van der Waals surface area contributed by atoms with E-state index in [4.69, 9.17) is 13.3 Å². The topological polar surface area (TPSA) is 44.8 Å². The van der Waals surface area contributed by atoms with Gasteiger partial charge in [-0.1, -0.05) is 69.2 Å². The molecule has 0 fully saturated rings. The van der Waals surface area contributed by atoms with Gasteiger partial charge in [-0.05, 0) is 80.6 Å². The van der Waals surface area contributed by atoms with Crippen molar-refractivity contribution in [3.8, 4) is 0 Å². The number of ketones is 1. The fourth-order valence-corrected chi connectivity index (χ4v) is 7.39. The minimum atomic E-state index is -2.17. The van der Waals surface area contributed by atoms with Gasteiger partial charge in [0, 0.05) is 6.10 Å². The summed E-state index contributed by atoms with van der Waals surface area (Å²) in [5, 5.41) is 0.228. The predicted octanol–water partition coefficient (Wildman–Crippen LogP) is 8.79. The molecule has 0 rings (SSSR count). The number of carbonyl (C=O) groups excluding carboxylic acids is 1. The van der Waals surface area contributed by atoms with Crippen LogP contribution in [0.2, 0.25) is 54.4 Å². The molecule has 0 spiro atoms. The summed E-state index contributed by atoms with van der Waals surface area (Å²) in [4.78, 5) is 13.1. The fourth-order valence-electron chi connectivity index (χ4n) is 3.25. The van der Waals surface area contributed by atoms with Gasteiger partial charge < -0.3 is 13.3 Å². The Morgan fingerprint density at radius 1 is 0.647 bits per heavy atom. The van der Waals surface area contributed by atoms with E-state index < -0.39 is 31.1 Å². The second-order valence-electron chi connectivity index (χ2n) is 15.2. The number of carbonyl (C=O) groups is 1. The Labute approximate surface area is 216 Å². The zero-order chi connectivity index (χ0) is 27.7. The third-order valence-corrected chi connectivity index (χ3v) is 22.3. The molecule has 34 heavy (non-hydrogen) atoms. The number of Topliss-reactive ketones (excluding diaryl/α,β-unsaturated/α-hetero) is 1. The molecule has 0 unspecified atom stereocenters. The lowest BCUT2D eigenvalue weighted by Crippen LogP contribution is -2.56. The monoisotopic (exact) mass is 532 g/mol. The van der Waals surface area contributed by atoms with Gasteiger partial charge >= 0.3 is 0 Å². The summed E-state index contributed by atoms with van der Waals surface area (Å²) in [5.74, 6) is 0.200. The van der Waals surface area contributed by atoms with Gasteiger partial charge in [0.25, 0.3) is 0 Å². The summed E-state index contributed by atoms with van der Waals surface area (Å²) in [6.07, 6.45) is 0.112. The van der Waals surface area contributed by atoms with Gasteiger partial charge in [0.05, 0.1) is 6.10 Å². The third-order valence-electron chi connectivity index (χ3n) is 8.73. The molecule has 0 aromatic heterocycles. The molecule has 0 radical (unpaired) electrons. The number of hydrogen-bond acceptors (Lipinski definition) is 4. The largest absolute Gasteiger partial charge is 0.414 e. The molecule has 0 aliphatic heterocycles. The summed E-state index contributed by atoms with van der Waals surface area (Å²) in [6.45, 7) is 39.9. The molecule has 0 N–H and O–H groups in total. The first-order valence-electron chi connectivity index (χ1n) is 13.2. The van der Waals surface area contributed by atoms with Crippen LogP contribution in [0.15, 0.2) is 0 Å². The summed E-state index contributed by atoms with van der Waals surface area (Å²) in [6, 6.07) is 0. The Kier molecular flexibility index (Phi) is 11.4. The molecule has 204 valence electrons. The van der Waals surface area contributed by atoms with Crippen molar-refractivity contribution in [1.82, 2.24) is 0 Å². The zero-order valence-electron chi connectivity index (χ0n) is 26.1. The maximum Gasteiger partial charge on any atom is 0.193 e. The Morgan fingerprint density at radius 2 is 0.971 bits per heavy atom. The molecular formula is C27H60O4Si3. The number of hydrogen-bond donors (Lipinski definition) is 0. The van der Waals surface area contributed by atoms with Crippen LogP contribution in [0.5, 0.6) is 0 Å². The number of rotatable bonds is 11. The predicted molar refractivity (Wildman–Crippen MR) is 156 cm³/mol. The first kappa shape index (κ1) is 34.2. The summed E-state index contributed by atoms with van der Waals surface area (Å²) < 4.78 is 20.5. The molecule has 4 atom stereocenters. The minimum Gasteiger partial charge on any atom is -0.414 e. The molecule has 7 heteroatoms. The molecule has 0 heterocycles. The van der Waals surface area contributed by atoms with Crippen molar-refractivity contribution in [3.05, 3.63) is 0 Å². The maximum atomic E-state index is 13.1. The summed E-state index contributed by atoms with van der Waals surface area (Å²) in [7, 11) is -6.19. The van der Waals surface area contributed by atoms with Gasteiger partial charge in [0.15, 0.2) is 30.7 Å². The first-order chi connectivity index (χ1) is 14.7. The SMILES string of the molecule is CC(=O)[C@H](O[Si](C)(C)C(C)(C)C)[C@@H](O[Si](C)(C)C(C)(C)C)[C@H](C)C[C@@H](C)O[Si](C)(C)C(C)(C)C. The van der Waals surface area contributed by atoms with Crippen LogP contribution in [0, 0.1) is 5.92 Å². The van der Waals surface area contributed by atoms with Crippen molar-refractivity contribution in [1.29, 1.82) is 0 Å². The second-order valence-corrected chi connectivity index (χ2v) is 29.4. The van der Waals surface area contributed by atoms with Gasteiger partial charge in [0.1, 0.15) is 6.10 Å². The van der Waals surface area contributed by atoms with Crippen LogP contribution in [-0.4, -0.2) is 49.0 Å². The van der Waals surface area contributed by atoms with Crippen molar-refractivity contribution >= 4 is 30.7 Å². The highest BCUT2D eigenvalue weighted by Crippen LogP contribution is 2.43. The quantitative estimate of drug-likeness (QED) is 0.249. The normalized spacial score (nSPS) is 18.4. The van der Waals surface area contributed by atoms with E-state index in [1.165, 1.54) is 0 Å². The Bertz CT molecular complexity index is 667. The van der Waals surface area contributed by atoms with Crippen LogP contribution in [0.25, 0.3) is 0 Å². The van der Waals surface area contributed by atoms with Crippen LogP contribution >= 0.6 is 0 Å². The highest BCUT2D eigenvalue weighted by molar-refractivity contribution is 6.75. The molecule has 0 saturated heterocycles. The maximum absolute atomic E-state index is 13.1. The average molecular weight is 533 g/mol. The van der Waals surface area contributed by atoms with E-state index in [0.29, 0.717) is 0 Å². The molecule has 0 amide bonds. The van der Waals surface area contributed by atoms with Crippen molar-refractivity contribution < 1.29 is 18.1 Å². The Morgan fingerprint density at radius 3 is 1.29 bits per heavy atom. The lowest BCUT2D eigenvalue weighted by molar-refractivity contribution is -0.131. The highest BCUT2D eigenvalue weighted by atomic mass is 28.4. The van der Waals surface area contributed by atoms with Gasteiger partial charge in [-0.15, -0.1) is 0 Å². The molecule has 4 nitrogen and oxygen atoms in total. The fraction of sp³-hybridized carbons (Fsp3) is 0.963. The average Bonchev–Trinajstić information content (AvgIpc) is 2.53. The van der Waals surface area contributed by atoms with Crippen LogP contribution in [0.1, 0.15) is 89.5 Å². The molecule has 0 aliphatic rings. The van der Waals surface area contributed by atoms with E-state index in [2.05, 4.69) is 115 Å². The van der Waals surface area contributed by atoms with E-state index in [1.54, 1.807) is 6.92 Å². The standard InChI is InChI=1S/C27H60O4Si3/c1-20(19-21(2)29-32(13,14)25(4,5)6)23(30-33(15,16)26(7,8)9)24(22(3)28)31-34(17,18)27(10,11)12/h20-21,23-24H,19H2,1-18H3/t20-,21-,23+,24+/m1/s1. The Hall–Kier alpha value is 0.201. The minimum absolute atomic E-state index is 0.0181. The lowest BCUT2D eigenvalue weighted by Gasteiger charge is -2.46. The van der Waals surface area contributed by atoms with Crippen LogP contribution in [0.3, 0.4) is 0 Å². The second kappa shape index (κ2) is 11.3. The van der Waals surface area contributed by atoms with Crippen LogP contribution in [0.4, 0.5) is 0 Å². The van der Waals surface area contributed by atoms with Crippen LogP contribution in [-0.2, 0) is 18.1 Å². The molecule has 0 saturated carbocycles.